The molecule has 9 heterocycles. The van der Waals surface area contributed by atoms with Crippen molar-refractivity contribution in [1.82, 2.24) is 89.7 Å². The van der Waals surface area contributed by atoms with Crippen LogP contribution in [-0.4, -0.2) is 89.7 Å². The molecule has 0 aliphatic carbocycles. The average Bonchev–Trinajstić information content (AvgIpc) is 0.823. The molecule has 0 fully saturated rings. The van der Waals surface area contributed by atoms with E-state index in [-0.39, 0.29) is 73.3 Å². The van der Waals surface area contributed by atoms with E-state index in [0.717, 1.165) is 6.92 Å². The Morgan fingerprint density at radius 2 is 0.489 bits per heavy atom. The van der Waals surface area contributed by atoms with Gasteiger partial charge in [-0.05, 0) is 13.8 Å². The molecule has 0 unspecified atom stereocenters. The Balaban J connectivity index is 0.000000148. The highest BCUT2D eigenvalue weighted by atomic mass is 19.4. The summed E-state index contributed by atoms with van der Waals surface area (Å²) in [6, 6.07) is 5.29. The normalized spacial score (nSPS) is 11.6. The number of benzene rings is 3. The molecule has 12 aromatic rings. The minimum absolute atomic E-state index is 0.000622. The van der Waals surface area contributed by atoms with Crippen molar-refractivity contribution in [3.05, 3.63) is 127 Å². The molecule has 0 bridgehead atoms. The standard InChI is InChI=1S/C18H6F9N7.C18N12.C12F6N6/c1-4-12(16(19,20)21)31-8-6(29-4)7-11(34-15(28-3)5(2)30-7)10-9(8)32-13(17(22,23)24)14(33-10)18(25,26)27;1-22-16-9(6-21)27-12-10-11(26-8(5-20)7(4-19)25-10)14-15(13(12)28-16)30-18(24-3)17(23-2)29-14;13-7-8(14)20-2-1(19-7)3-5(22-10(16)9(15)21-3)6-4(2)23-11(17)12(18)24-6/h1-2H3;;. The SMILES string of the molecule is Fc1nc2c3nc(F)c(F)nc3c3nc(F)c(F)nc3c2nc1F.[C-]#[N+]c1nc2c(nc1C#N)c1nc(C#N)c(C#N)nc1c1nc([N+]#[C-])c([N+]#[C-])nc21.[C-]#[N+]c1nc2c(nc1C)c1nc(C)c(C(F)(F)F)nc1c1nc(C(F)(F)F)c(C(F)(F)F)nc21. The summed E-state index contributed by atoms with van der Waals surface area (Å²) < 4.78 is 201. The van der Waals surface area contributed by atoms with Gasteiger partial charge in [0.25, 0.3) is 58.7 Å². The predicted molar refractivity (Wildman–Crippen MR) is 261 cm³/mol. The Kier molecular flexibility index (Phi) is 13.8. The van der Waals surface area contributed by atoms with Gasteiger partial charge < -0.3 is 19.4 Å². The van der Waals surface area contributed by atoms with Crippen LogP contribution in [0.25, 0.3) is 119 Å². The van der Waals surface area contributed by atoms with E-state index in [1.165, 1.54) is 6.92 Å². The summed E-state index contributed by atoms with van der Waals surface area (Å²) in [5.41, 5.74) is -15.9. The highest BCUT2D eigenvalue weighted by Crippen LogP contribution is 2.43. The van der Waals surface area contributed by atoms with Crippen LogP contribution in [0.1, 0.15) is 45.6 Å². The van der Waals surface area contributed by atoms with E-state index in [1.54, 1.807) is 18.2 Å². The summed E-state index contributed by atoms with van der Waals surface area (Å²) in [4.78, 5) is 77.5. The molecule has 0 aliphatic heterocycles. The third kappa shape index (κ3) is 9.59. The summed E-state index contributed by atoms with van der Waals surface area (Å²) in [5, 5.41) is 27.9. The lowest BCUT2D eigenvalue weighted by atomic mass is 10.1. The second kappa shape index (κ2) is 20.8. The highest BCUT2D eigenvalue weighted by molar-refractivity contribution is 6.20. The lowest BCUT2D eigenvalue weighted by Crippen LogP contribution is -2.21. The smallest absolute Gasteiger partial charge is 0.370 e. The highest BCUT2D eigenvalue weighted by Gasteiger charge is 2.48. The molecule has 0 aliphatic rings. The molecule has 0 saturated carbocycles. The van der Waals surface area contributed by atoms with Gasteiger partial charge in [-0.2, -0.15) is 81.6 Å². The van der Waals surface area contributed by atoms with Gasteiger partial charge in [0.1, 0.15) is 95.4 Å². The number of nitriles is 3. The van der Waals surface area contributed by atoms with Crippen molar-refractivity contribution in [1.29, 1.82) is 15.8 Å². The molecule has 0 radical (unpaired) electrons. The van der Waals surface area contributed by atoms with Gasteiger partial charge in [0.05, 0.1) is 11.4 Å². The molecular formula is C48H6F15N25. The van der Waals surface area contributed by atoms with Crippen molar-refractivity contribution >= 4 is 123 Å². The summed E-state index contributed by atoms with van der Waals surface area (Å²) in [5.74, 6) is -11.3. The molecule has 0 saturated heterocycles. The van der Waals surface area contributed by atoms with Gasteiger partial charge in [0.15, 0.2) is 34.2 Å². The summed E-state index contributed by atoms with van der Waals surface area (Å²) >= 11 is 0. The fourth-order valence-electron chi connectivity index (χ4n) is 8.13. The van der Waals surface area contributed by atoms with E-state index in [0.29, 0.717) is 0 Å². The Labute approximate surface area is 470 Å². The van der Waals surface area contributed by atoms with Crippen LogP contribution >= 0.6 is 0 Å². The number of rotatable bonds is 0. The Bertz CT molecular complexity index is 4890. The van der Waals surface area contributed by atoms with Gasteiger partial charge in [-0.15, -0.1) is 19.9 Å². The van der Waals surface area contributed by atoms with Crippen molar-refractivity contribution in [3.8, 4) is 18.2 Å². The number of hydrogen-bond acceptors (Lipinski definition) is 21. The third-order valence-corrected chi connectivity index (χ3v) is 11.7. The molecule has 25 nitrogen and oxygen atoms in total. The number of aryl methyl sites for hydroxylation is 2. The lowest BCUT2D eigenvalue weighted by Gasteiger charge is -2.16. The molecule has 428 valence electrons. The largest absolute Gasteiger partial charge is 0.435 e. The molecule has 0 atom stereocenters. The molecule has 3 aromatic carbocycles. The zero-order chi connectivity index (χ0) is 64.0. The fraction of sp³-hybridized carbons (Fsp3) is 0.104. The van der Waals surface area contributed by atoms with Crippen LogP contribution in [0.3, 0.4) is 0 Å². The van der Waals surface area contributed by atoms with Crippen molar-refractivity contribution in [3.63, 3.8) is 0 Å². The number of hydrogen-bond donors (Lipinski definition) is 0. The zero-order valence-corrected chi connectivity index (χ0v) is 41.8. The van der Waals surface area contributed by atoms with Crippen molar-refractivity contribution < 1.29 is 65.9 Å². The molecule has 40 heteroatoms. The van der Waals surface area contributed by atoms with Gasteiger partial charge in [-0.25, -0.2) is 64.8 Å². The Hall–Kier alpha value is -12.9. The number of halogens is 15. The molecular weight excluding hydrogens is 1210 g/mol. The minimum atomic E-state index is -5.67. The first-order valence-corrected chi connectivity index (χ1v) is 22.6. The molecule has 9 aromatic heterocycles. The van der Waals surface area contributed by atoms with E-state index >= 15 is 0 Å². The van der Waals surface area contributed by atoms with E-state index < -0.39 is 149 Å². The Morgan fingerprint density at radius 1 is 0.273 bits per heavy atom. The quantitative estimate of drug-likeness (QED) is 0.0773. The molecule has 88 heavy (non-hydrogen) atoms. The maximum atomic E-state index is 13.4. The van der Waals surface area contributed by atoms with Crippen LogP contribution in [-0.2, 0) is 18.5 Å². The lowest BCUT2D eigenvalue weighted by molar-refractivity contribution is -0.167. The van der Waals surface area contributed by atoms with Crippen molar-refractivity contribution in [2.75, 3.05) is 0 Å². The number of fused-ring (bicyclic) bond motifs is 18. The number of aromatic nitrogens is 18. The minimum Gasteiger partial charge on any atom is -0.370 e. The van der Waals surface area contributed by atoms with Gasteiger partial charge in [-0.3, -0.25) is 4.98 Å². The predicted octanol–water partition coefficient (Wildman–Crippen LogP) is 10.9. The summed E-state index contributed by atoms with van der Waals surface area (Å²) in [7, 11) is 0. The maximum Gasteiger partial charge on any atom is 0.435 e. The van der Waals surface area contributed by atoms with Crippen LogP contribution in [0.15, 0.2) is 0 Å². The third-order valence-electron chi connectivity index (χ3n) is 11.7. The number of nitrogens with zero attached hydrogens (tertiary/aromatic N) is 25. The second-order valence-corrected chi connectivity index (χ2v) is 16.9. The zero-order valence-electron chi connectivity index (χ0n) is 41.8. The first-order valence-electron chi connectivity index (χ1n) is 22.6. The van der Waals surface area contributed by atoms with Crippen LogP contribution in [0.5, 0.6) is 0 Å². The van der Waals surface area contributed by atoms with Gasteiger partial charge in [0, 0.05) is 0 Å². The average molecular weight is 1220 g/mol. The first kappa shape index (κ1) is 58.3. The molecule has 0 N–H and O–H groups in total. The van der Waals surface area contributed by atoms with Crippen LogP contribution in [0.2, 0.25) is 0 Å². The fourth-order valence-corrected chi connectivity index (χ4v) is 8.13. The van der Waals surface area contributed by atoms with Crippen LogP contribution in [0, 0.1) is 110 Å². The molecule has 0 spiro atoms. The van der Waals surface area contributed by atoms with Crippen LogP contribution in [0.4, 0.5) is 89.1 Å². The molecule has 12 rings (SSSR count). The molecule has 0 amide bonds. The van der Waals surface area contributed by atoms with Crippen molar-refractivity contribution in [2.45, 2.75) is 32.4 Å². The van der Waals surface area contributed by atoms with Gasteiger partial charge in [0.2, 0.25) is 16.6 Å². The number of alkyl halides is 9. The van der Waals surface area contributed by atoms with E-state index in [4.69, 9.17) is 26.3 Å². The summed E-state index contributed by atoms with van der Waals surface area (Å²) in [6.45, 7) is 31.1. The summed E-state index contributed by atoms with van der Waals surface area (Å²) in [6.07, 6.45) is -16.4. The topological polar surface area (TPSA) is 321 Å². The van der Waals surface area contributed by atoms with Crippen molar-refractivity contribution in [2.24, 2.45) is 0 Å². The van der Waals surface area contributed by atoms with E-state index in [2.05, 4.69) is 109 Å². The monoisotopic (exact) mass is 1220 g/mol. The Morgan fingerprint density at radius 3 is 0.773 bits per heavy atom. The first-order chi connectivity index (χ1) is 41.5. The van der Waals surface area contributed by atoms with E-state index in [9.17, 15) is 81.6 Å². The maximum absolute atomic E-state index is 13.4. The van der Waals surface area contributed by atoms with Gasteiger partial charge in [-0.1, -0.05) is 26.3 Å². The van der Waals surface area contributed by atoms with E-state index in [1.807, 2.05) is 0 Å². The second-order valence-electron chi connectivity index (χ2n) is 16.9. The van der Waals surface area contributed by atoms with Gasteiger partial charge >= 0.3 is 24.3 Å². The van der Waals surface area contributed by atoms with Crippen LogP contribution < -0.4 is 0 Å².